The van der Waals surface area contributed by atoms with E-state index in [1.165, 1.54) is 4.90 Å². The molecule has 2 aliphatic rings. The van der Waals surface area contributed by atoms with Gasteiger partial charge in [0.05, 0.1) is 11.3 Å². The molecule has 0 saturated carbocycles. The van der Waals surface area contributed by atoms with Gasteiger partial charge in [0.2, 0.25) is 5.91 Å². The van der Waals surface area contributed by atoms with Crippen molar-refractivity contribution in [1.29, 1.82) is 0 Å². The zero-order valence-corrected chi connectivity index (χ0v) is 17.6. The Balaban J connectivity index is 1.29. The lowest BCUT2D eigenvalue weighted by Gasteiger charge is -2.45. The topological polar surface area (TPSA) is 95.9 Å². The summed E-state index contributed by atoms with van der Waals surface area (Å²) in [5, 5.41) is 11.8. The average Bonchev–Trinajstić information content (AvgIpc) is 3.07. The number of rotatable bonds is 6. The van der Waals surface area contributed by atoms with Crippen molar-refractivity contribution < 1.29 is 24.2 Å². The second kappa shape index (κ2) is 8.06. The van der Waals surface area contributed by atoms with E-state index in [9.17, 15) is 14.4 Å². The van der Waals surface area contributed by atoms with Gasteiger partial charge in [0, 0.05) is 25.6 Å². The summed E-state index contributed by atoms with van der Waals surface area (Å²) in [7, 11) is 0. The van der Waals surface area contributed by atoms with Crippen LogP contribution >= 0.6 is 0 Å². The molecular weight excluding hydrogens is 396 g/mol. The first-order valence-electron chi connectivity index (χ1n) is 10.4. The first-order chi connectivity index (χ1) is 14.8. The van der Waals surface area contributed by atoms with Gasteiger partial charge in [-0.1, -0.05) is 55.5 Å². The van der Waals surface area contributed by atoms with Crippen LogP contribution in [0.5, 0.6) is 0 Å². The molecule has 31 heavy (non-hydrogen) atoms. The highest BCUT2D eigenvalue weighted by molar-refractivity contribution is 5.85. The lowest BCUT2D eigenvalue weighted by atomic mass is 9.81. The van der Waals surface area contributed by atoms with E-state index in [1.807, 2.05) is 24.3 Å². The van der Waals surface area contributed by atoms with Crippen LogP contribution in [0.4, 0.5) is 4.79 Å². The van der Waals surface area contributed by atoms with Gasteiger partial charge in [-0.15, -0.1) is 0 Å². The fourth-order valence-corrected chi connectivity index (χ4v) is 4.37. The van der Waals surface area contributed by atoms with Crippen molar-refractivity contribution in [2.75, 3.05) is 26.2 Å². The largest absolute Gasteiger partial charge is 0.481 e. The number of nitrogens with one attached hydrogen (secondary N) is 1. The number of carbonyl (C=O) groups excluding carboxylic acids is 2. The second-order valence-corrected chi connectivity index (χ2v) is 8.67. The van der Waals surface area contributed by atoms with Crippen LogP contribution < -0.4 is 5.32 Å². The van der Waals surface area contributed by atoms with Crippen LogP contribution in [0.3, 0.4) is 0 Å². The van der Waals surface area contributed by atoms with E-state index in [-0.39, 0.29) is 38.1 Å². The number of likely N-dealkylation sites (tertiary alicyclic amines) is 1. The molecule has 4 rings (SSSR count). The standard InChI is InChI=1S/C24H26N2O5/c1-15(21(27)26-13-24(2,14-26)22(28)29)11-25-23(30)31-12-20-18-9-5-3-7-16(18)17-8-4-6-10-19(17)20/h3-10,15,20H,11-14H2,1-2H3,(H,25,30)(H,28,29). The van der Waals surface area contributed by atoms with Crippen molar-refractivity contribution in [2.24, 2.45) is 11.3 Å². The number of ether oxygens (including phenoxy) is 1. The third-order valence-corrected chi connectivity index (χ3v) is 6.23. The van der Waals surface area contributed by atoms with Crippen molar-refractivity contribution in [3.63, 3.8) is 0 Å². The molecule has 2 aromatic rings. The molecular formula is C24H26N2O5. The number of aliphatic carboxylic acids is 1. The van der Waals surface area contributed by atoms with E-state index >= 15 is 0 Å². The van der Waals surface area contributed by atoms with E-state index < -0.39 is 23.4 Å². The zero-order chi connectivity index (χ0) is 22.2. The molecule has 1 atom stereocenters. The maximum atomic E-state index is 12.4. The van der Waals surface area contributed by atoms with Gasteiger partial charge < -0.3 is 20.1 Å². The summed E-state index contributed by atoms with van der Waals surface area (Å²) in [6.45, 7) is 4.06. The van der Waals surface area contributed by atoms with Crippen molar-refractivity contribution in [3.8, 4) is 11.1 Å². The van der Waals surface area contributed by atoms with Gasteiger partial charge >= 0.3 is 12.1 Å². The number of carboxylic acid groups (broad SMARTS) is 1. The predicted molar refractivity (Wildman–Crippen MR) is 115 cm³/mol. The van der Waals surface area contributed by atoms with Crippen LogP contribution in [0.15, 0.2) is 48.5 Å². The summed E-state index contributed by atoms with van der Waals surface area (Å²) in [5.74, 6) is -1.55. The number of fused-ring (bicyclic) bond motifs is 3. The second-order valence-electron chi connectivity index (χ2n) is 8.67. The molecule has 7 heteroatoms. The van der Waals surface area contributed by atoms with Crippen molar-refractivity contribution in [2.45, 2.75) is 19.8 Å². The van der Waals surface area contributed by atoms with Gasteiger partial charge in [-0.2, -0.15) is 0 Å². The lowest BCUT2D eigenvalue weighted by Crippen LogP contribution is -2.62. The number of carboxylic acids is 1. The Morgan fingerprint density at radius 3 is 2.19 bits per heavy atom. The quantitative estimate of drug-likeness (QED) is 0.746. The highest BCUT2D eigenvalue weighted by Crippen LogP contribution is 2.44. The van der Waals surface area contributed by atoms with Crippen LogP contribution in [0.1, 0.15) is 30.9 Å². The van der Waals surface area contributed by atoms with E-state index in [0.717, 1.165) is 22.3 Å². The van der Waals surface area contributed by atoms with Crippen LogP contribution in [-0.2, 0) is 14.3 Å². The molecule has 2 aromatic carbocycles. The number of benzene rings is 2. The molecule has 2 amide bonds. The van der Waals surface area contributed by atoms with Gasteiger partial charge in [-0.25, -0.2) is 4.79 Å². The van der Waals surface area contributed by atoms with E-state index in [0.29, 0.717) is 0 Å². The van der Waals surface area contributed by atoms with Gasteiger partial charge in [0.25, 0.3) is 0 Å². The molecule has 0 spiro atoms. The minimum absolute atomic E-state index is 0.0213. The van der Waals surface area contributed by atoms with Crippen molar-refractivity contribution in [3.05, 3.63) is 59.7 Å². The molecule has 2 N–H and O–H groups in total. The number of alkyl carbamates (subject to hydrolysis) is 1. The SMILES string of the molecule is CC(CNC(=O)OCC1c2ccccc2-c2ccccc21)C(=O)N1CC(C)(C(=O)O)C1. The van der Waals surface area contributed by atoms with Crippen LogP contribution in [0.25, 0.3) is 11.1 Å². The molecule has 1 unspecified atom stereocenters. The summed E-state index contributed by atoms with van der Waals surface area (Å²) in [4.78, 5) is 37.4. The third-order valence-electron chi connectivity index (χ3n) is 6.23. The van der Waals surface area contributed by atoms with Gasteiger partial charge in [0.1, 0.15) is 6.61 Å². The van der Waals surface area contributed by atoms with Gasteiger partial charge in [-0.05, 0) is 29.2 Å². The molecule has 7 nitrogen and oxygen atoms in total. The third kappa shape index (κ3) is 3.87. The zero-order valence-electron chi connectivity index (χ0n) is 17.6. The Hall–Kier alpha value is -3.35. The van der Waals surface area contributed by atoms with Crippen molar-refractivity contribution >= 4 is 18.0 Å². The first kappa shape index (κ1) is 20.9. The Kier molecular flexibility index (Phi) is 5.43. The number of hydrogen-bond donors (Lipinski definition) is 2. The Morgan fingerprint density at radius 2 is 1.65 bits per heavy atom. The summed E-state index contributed by atoms with van der Waals surface area (Å²) in [5.41, 5.74) is 3.72. The minimum atomic E-state index is -0.902. The maximum absolute atomic E-state index is 12.4. The average molecular weight is 422 g/mol. The first-order valence-corrected chi connectivity index (χ1v) is 10.4. The predicted octanol–water partition coefficient (Wildman–Crippen LogP) is 3.09. The van der Waals surface area contributed by atoms with Crippen LogP contribution in [0, 0.1) is 11.3 Å². The Labute approximate surface area is 181 Å². The summed E-state index contributed by atoms with van der Waals surface area (Å²) < 4.78 is 5.48. The number of hydrogen-bond acceptors (Lipinski definition) is 4. The fourth-order valence-electron chi connectivity index (χ4n) is 4.37. The van der Waals surface area contributed by atoms with Crippen LogP contribution in [0.2, 0.25) is 0 Å². The highest BCUT2D eigenvalue weighted by Gasteiger charge is 2.48. The van der Waals surface area contributed by atoms with E-state index in [2.05, 4.69) is 29.6 Å². The normalized spacial score (nSPS) is 17.2. The van der Waals surface area contributed by atoms with E-state index in [1.54, 1.807) is 13.8 Å². The number of carbonyl (C=O) groups is 3. The smallest absolute Gasteiger partial charge is 0.407 e. The molecule has 0 bridgehead atoms. The number of nitrogens with zero attached hydrogens (tertiary/aromatic N) is 1. The van der Waals surface area contributed by atoms with Crippen molar-refractivity contribution in [1.82, 2.24) is 10.2 Å². The molecule has 1 heterocycles. The highest BCUT2D eigenvalue weighted by atomic mass is 16.5. The summed E-state index contributed by atoms with van der Waals surface area (Å²) >= 11 is 0. The summed E-state index contributed by atoms with van der Waals surface area (Å²) in [6, 6.07) is 16.2. The molecule has 162 valence electrons. The maximum Gasteiger partial charge on any atom is 0.407 e. The Morgan fingerprint density at radius 1 is 1.10 bits per heavy atom. The molecule has 1 saturated heterocycles. The minimum Gasteiger partial charge on any atom is -0.481 e. The lowest BCUT2D eigenvalue weighted by molar-refractivity contribution is -0.165. The fraction of sp³-hybridized carbons (Fsp3) is 0.375. The monoisotopic (exact) mass is 422 g/mol. The number of amides is 2. The molecule has 0 radical (unpaired) electrons. The molecule has 1 aliphatic heterocycles. The molecule has 1 fully saturated rings. The van der Waals surface area contributed by atoms with Gasteiger partial charge in [-0.3, -0.25) is 9.59 Å². The summed E-state index contributed by atoms with van der Waals surface area (Å²) in [6.07, 6.45) is -0.569. The van der Waals surface area contributed by atoms with Crippen LogP contribution in [-0.4, -0.2) is 54.2 Å². The van der Waals surface area contributed by atoms with Gasteiger partial charge in [0.15, 0.2) is 0 Å². The van der Waals surface area contributed by atoms with E-state index in [4.69, 9.17) is 9.84 Å². The Bertz CT molecular complexity index is 983. The molecule has 0 aromatic heterocycles. The molecule has 1 aliphatic carbocycles.